The van der Waals surface area contributed by atoms with Crippen LogP contribution in [0.1, 0.15) is 31.9 Å². The van der Waals surface area contributed by atoms with Crippen molar-refractivity contribution in [3.63, 3.8) is 0 Å². The first-order valence-electron chi connectivity index (χ1n) is 4.96. The highest BCUT2D eigenvalue weighted by atomic mass is 16.3. The summed E-state index contributed by atoms with van der Waals surface area (Å²) in [6.07, 6.45) is 3.88. The minimum Gasteiger partial charge on any atom is -0.385 e. The van der Waals surface area contributed by atoms with Gasteiger partial charge in [-0.05, 0) is 18.1 Å². The highest BCUT2D eigenvalue weighted by Gasteiger charge is 2.41. The molecule has 0 fully saturated rings. The van der Waals surface area contributed by atoms with Gasteiger partial charge >= 0.3 is 0 Å². The normalized spacial score (nSPS) is 28.6. The van der Waals surface area contributed by atoms with Gasteiger partial charge in [-0.2, -0.15) is 0 Å². The van der Waals surface area contributed by atoms with Crippen LogP contribution in [0.5, 0.6) is 0 Å². The molecule has 14 heavy (non-hydrogen) atoms. The van der Waals surface area contributed by atoms with Gasteiger partial charge in [-0.15, -0.1) is 0 Å². The quantitative estimate of drug-likeness (QED) is 0.663. The zero-order chi connectivity index (χ0) is 10.4. The Morgan fingerprint density at radius 1 is 1.07 bits per heavy atom. The minimum absolute atomic E-state index is 0.224. The second-order valence-electron chi connectivity index (χ2n) is 4.69. The Hall–Kier alpha value is -1.08. The molecule has 1 unspecified atom stereocenters. The molecular formula is C13H16O. The molecule has 0 saturated carbocycles. The molecule has 1 nitrogen and oxygen atoms in total. The van der Waals surface area contributed by atoms with Crippen LogP contribution < -0.4 is 0 Å². The molecule has 1 aromatic rings. The average molecular weight is 188 g/mol. The van der Waals surface area contributed by atoms with Gasteiger partial charge in [-0.3, -0.25) is 0 Å². The Labute approximate surface area is 85.1 Å². The van der Waals surface area contributed by atoms with Crippen molar-refractivity contribution in [2.24, 2.45) is 0 Å². The third kappa shape index (κ3) is 1.12. The first kappa shape index (κ1) is 9.47. The smallest absolute Gasteiger partial charge is 0.0893 e. The van der Waals surface area contributed by atoms with Crippen LogP contribution in [0, 0.1) is 0 Å². The summed E-state index contributed by atoms with van der Waals surface area (Å²) in [5.74, 6) is 0. The monoisotopic (exact) mass is 188 g/mol. The molecule has 0 spiro atoms. The molecule has 0 bridgehead atoms. The lowest BCUT2D eigenvalue weighted by molar-refractivity contribution is 0.0374. The van der Waals surface area contributed by atoms with Crippen LogP contribution >= 0.6 is 0 Å². The molecule has 0 saturated heterocycles. The fourth-order valence-electron chi connectivity index (χ4n) is 1.94. The Morgan fingerprint density at radius 2 is 1.71 bits per heavy atom. The molecular weight excluding hydrogens is 172 g/mol. The van der Waals surface area contributed by atoms with E-state index in [1.807, 2.05) is 31.2 Å². The summed E-state index contributed by atoms with van der Waals surface area (Å²) in [4.78, 5) is 0. The van der Waals surface area contributed by atoms with Crippen molar-refractivity contribution in [2.75, 3.05) is 0 Å². The van der Waals surface area contributed by atoms with E-state index in [1.165, 1.54) is 11.1 Å². The summed E-state index contributed by atoms with van der Waals surface area (Å²) in [5, 5.41) is 10.3. The summed E-state index contributed by atoms with van der Waals surface area (Å²) in [5.41, 5.74) is 1.44. The summed E-state index contributed by atoms with van der Waals surface area (Å²) in [7, 11) is 0. The molecule has 0 radical (unpaired) electrons. The fourth-order valence-corrected chi connectivity index (χ4v) is 1.94. The van der Waals surface area contributed by atoms with Gasteiger partial charge in [0, 0.05) is 5.41 Å². The van der Waals surface area contributed by atoms with Crippen LogP contribution in [0.25, 0.3) is 6.08 Å². The number of aliphatic hydroxyl groups is 1. The second-order valence-corrected chi connectivity index (χ2v) is 4.69. The lowest BCUT2D eigenvalue weighted by atomic mass is 9.66. The number of hydrogen-bond acceptors (Lipinski definition) is 1. The van der Waals surface area contributed by atoms with E-state index in [4.69, 9.17) is 0 Å². The summed E-state index contributed by atoms with van der Waals surface area (Å²) in [6.45, 7) is 6.02. The third-order valence-electron chi connectivity index (χ3n) is 3.49. The van der Waals surface area contributed by atoms with Crippen molar-refractivity contribution >= 4 is 6.08 Å². The zero-order valence-electron chi connectivity index (χ0n) is 8.91. The maximum absolute atomic E-state index is 10.3. The van der Waals surface area contributed by atoms with E-state index >= 15 is 0 Å². The topological polar surface area (TPSA) is 20.2 Å². The lowest BCUT2D eigenvalue weighted by Crippen LogP contribution is -2.45. The van der Waals surface area contributed by atoms with Crippen LogP contribution in [-0.4, -0.2) is 10.7 Å². The molecule has 1 aromatic carbocycles. The van der Waals surface area contributed by atoms with Crippen molar-refractivity contribution in [1.29, 1.82) is 0 Å². The largest absolute Gasteiger partial charge is 0.385 e. The number of benzene rings is 1. The van der Waals surface area contributed by atoms with Crippen molar-refractivity contribution < 1.29 is 5.11 Å². The first-order chi connectivity index (χ1) is 6.45. The molecule has 0 aromatic heterocycles. The molecule has 1 atom stereocenters. The van der Waals surface area contributed by atoms with Gasteiger partial charge in [0.2, 0.25) is 0 Å². The predicted molar refractivity (Wildman–Crippen MR) is 59.1 cm³/mol. The average Bonchev–Trinajstić information content (AvgIpc) is 2.13. The van der Waals surface area contributed by atoms with E-state index in [0.29, 0.717) is 0 Å². The van der Waals surface area contributed by atoms with Crippen molar-refractivity contribution in [2.45, 2.75) is 31.8 Å². The molecule has 2 rings (SSSR count). The predicted octanol–water partition coefficient (Wildman–Crippen LogP) is 2.74. The molecule has 1 aliphatic rings. The molecule has 1 N–H and O–H groups in total. The lowest BCUT2D eigenvalue weighted by Gasteiger charge is -2.42. The highest BCUT2D eigenvalue weighted by Crippen LogP contribution is 2.41. The van der Waals surface area contributed by atoms with E-state index in [0.717, 1.165) is 0 Å². The van der Waals surface area contributed by atoms with Gasteiger partial charge in [0.15, 0.2) is 0 Å². The Morgan fingerprint density at radius 3 is 2.43 bits per heavy atom. The molecule has 1 aliphatic carbocycles. The molecule has 0 amide bonds. The molecule has 0 heterocycles. The Kier molecular flexibility index (Phi) is 1.83. The van der Waals surface area contributed by atoms with Crippen molar-refractivity contribution in [1.82, 2.24) is 0 Å². The van der Waals surface area contributed by atoms with Crippen LogP contribution in [0.15, 0.2) is 30.3 Å². The van der Waals surface area contributed by atoms with E-state index in [-0.39, 0.29) is 5.41 Å². The van der Waals surface area contributed by atoms with Gasteiger partial charge < -0.3 is 5.11 Å². The maximum atomic E-state index is 10.3. The number of rotatable bonds is 0. The zero-order valence-corrected chi connectivity index (χ0v) is 8.91. The summed E-state index contributed by atoms with van der Waals surface area (Å²) < 4.78 is 0. The van der Waals surface area contributed by atoms with E-state index in [9.17, 15) is 5.11 Å². The standard InChI is InChI=1S/C13H16O/c1-12(2)11-7-5-4-6-10(11)8-9-13(12,3)14/h4-9,14H,1-3H3. The van der Waals surface area contributed by atoms with Crippen LogP contribution in [0.4, 0.5) is 0 Å². The van der Waals surface area contributed by atoms with Crippen molar-refractivity contribution in [3.8, 4) is 0 Å². The van der Waals surface area contributed by atoms with Gasteiger partial charge in [-0.1, -0.05) is 50.3 Å². The summed E-state index contributed by atoms with van der Waals surface area (Å²) in [6, 6.07) is 8.23. The highest BCUT2D eigenvalue weighted by molar-refractivity contribution is 5.61. The number of hydrogen-bond donors (Lipinski definition) is 1. The van der Waals surface area contributed by atoms with Gasteiger partial charge in [0.05, 0.1) is 5.60 Å². The summed E-state index contributed by atoms with van der Waals surface area (Å²) >= 11 is 0. The Bertz CT molecular complexity index is 386. The molecule has 74 valence electrons. The molecule has 1 heteroatoms. The van der Waals surface area contributed by atoms with E-state index < -0.39 is 5.60 Å². The maximum Gasteiger partial charge on any atom is 0.0893 e. The second kappa shape index (κ2) is 2.71. The first-order valence-corrected chi connectivity index (χ1v) is 4.96. The minimum atomic E-state index is -0.763. The fraction of sp³-hybridized carbons (Fsp3) is 0.385. The van der Waals surface area contributed by atoms with Gasteiger partial charge in [-0.25, -0.2) is 0 Å². The van der Waals surface area contributed by atoms with Crippen molar-refractivity contribution in [3.05, 3.63) is 41.5 Å². The van der Waals surface area contributed by atoms with Gasteiger partial charge in [0.1, 0.15) is 0 Å². The van der Waals surface area contributed by atoms with Crippen LogP contribution in [0.2, 0.25) is 0 Å². The van der Waals surface area contributed by atoms with E-state index in [1.54, 1.807) is 0 Å². The SMILES string of the molecule is CC1(O)C=Cc2ccccc2C1(C)C. The molecule has 0 aliphatic heterocycles. The van der Waals surface area contributed by atoms with Crippen LogP contribution in [-0.2, 0) is 5.41 Å². The number of fused-ring (bicyclic) bond motifs is 1. The van der Waals surface area contributed by atoms with E-state index in [2.05, 4.69) is 26.0 Å². The van der Waals surface area contributed by atoms with Crippen LogP contribution in [0.3, 0.4) is 0 Å². The Balaban J connectivity index is 2.66. The van der Waals surface area contributed by atoms with Gasteiger partial charge in [0.25, 0.3) is 0 Å². The third-order valence-corrected chi connectivity index (χ3v) is 3.49.